The number of quaternary nitrogens is 1. The minimum Gasteiger partial charge on any atom is -0.469 e. The van der Waals surface area contributed by atoms with Gasteiger partial charge in [-0.25, -0.2) is 4.79 Å². The molecule has 0 saturated carbocycles. The van der Waals surface area contributed by atoms with Crippen LogP contribution in [0.4, 0.5) is 4.79 Å². The monoisotopic (exact) mass is 653 g/mol. The maximum atomic E-state index is 12.0. The summed E-state index contributed by atoms with van der Waals surface area (Å²) in [5, 5.41) is 8.10. The second-order valence-corrected chi connectivity index (χ2v) is 11.4. The molecule has 0 aromatic carbocycles. The van der Waals surface area contributed by atoms with Gasteiger partial charge in [0.2, 0.25) is 11.8 Å². The number of likely N-dealkylation sites (N-methyl/N-ethyl adjacent to an activating group) is 1. The third-order valence-electron chi connectivity index (χ3n) is 5.62. The normalized spacial score (nSPS) is 11.6. The highest BCUT2D eigenvalue weighted by Crippen LogP contribution is 2.06. The van der Waals surface area contributed by atoms with Crippen LogP contribution in [0.3, 0.4) is 0 Å². The van der Waals surface area contributed by atoms with Crippen LogP contribution < -0.4 is 16.0 Å². The third-order valence-corrected chi connectivity index (χ3v) is 5.62. The van der Waals surface area contributed by atoms with Crippen molar-refractivity contribution in [3.05, 3.63) is 0 Å². The number of esters is 1. The quantitative estimate of drug-likeness (QED) is 0.0560. The van der Waals surface area contributed by atoms with Gasteiger partial charge in [-0.05, 0) is 20.8 Å². The van der Waals surface area contributed by atoms with E-state index >= 15 is 0 Å². The third kappa shape index (κ3) is 31.2. The highest BCUT2D eigenvalue weighted by atomic mass is 16.6. The number of rotatable bonds is 28. The molecule has 0 fully saturated rings. The number of hydrogen-bond donors (Lipinski definition) is 3. The van der Waals surface area contributed by atoms with Gasteiger partial charge in [0.15, 0.2) is 0 Å². The van der Waals surface area contributed by atoms with Gasteiger partial charge in [0.05, 0.1) is 107 Å². The smallest absolute Gasteiger partial charge is 0.407 e. The molecule has 0 saturated heterocycles. The molecule has 264 valence electrons. The number of carbonyl (C=O) groups is 4. The molecule has 45 heavy (non-hydrogen) atoms. The van der Waals surface area contributed by atoms with E-state index in [1.807, 2.05) is 0 Å². The SMILES string of the molecule is COC(=O)CCOCCOCC[N+](C)(C)CCNC(=O)COCCOCCNC(=O)COCCOCCNC(=O)OC(C)(C)C. The standard InChI is InChI=1S/C29H56N4O12/c1-29(2,3)45-28(37)32-10-15-41-20-22-44-24-26(35)31-9-14-40-19-21-43-23-25(34)30-8-11-33(4,5)12-16-42-18-17-39-13-7-27(36)38-6/h7-24H2,1-6H3,(H2-,30,31,32,34,35,37)/p+1. The van der Waals surface area contributed by atoms with Crippen molar-refractivity contribution in [2.45, 2.75) is 32.8 Å². The first-order valence-corrected chi connectivity index (χ1v) is 15.2. The molecule has 0 atom stereocenters. The van der Waals surface area contributed by atoms with Crippen LogP contribution in [0.1, 0.15) is 27.2 Å². The molecule has 0 radical (unpaired) electrons. The maximum Gasteiger partial charge on any atom is 0.407 e. The van der Waals surface area contributed by atoms with E-state index < -0.39 is 11.7 Å². The molecule has 0 aromatic rings. The highest BCUT2D eigenvalue weighted by Gasteiger charge is 2.16. The lowest BCUT2D eigenvalue weighted by Gasteiger charge is -2.29. The van der Waals surface area contributed by atoms with Crippen molar-refractivity contribution < 1.29 is 61.6 Å². The fraction of sp³-hybridized carbons (Fsp3) is 0.862. The van der Waals surface area contributed by atoms with Crippen molar-refractivity contribution in [2.24, 2.45) is 0 Å². The molecule has 0 aliphatic heterocycles. The number of amides is 3. The Bertz CT molecular complexity index is 809. The molecule has 0 aromatic heterocycles. The van der Waals surface area contributed by atoms with E-state index in [0.717, 1.165) is 13.1 Å². The molecule has 0 spiro atoms. The number of nitrogens with one attached hydrogen (secondary N) is 3. The van der Waals surface area contributed by atoms with Crippen LogP contribution in [0.5, 0.6) is 0 Å². The van der Waals surface area contributed by atoms with Gasteiger partial charge in [-0.15, -0.1) is 0 Å². The van der Waals surface area contributed by atoms with Crippen molar-refractivity contribution in [1.29, 1.82) is 0 Å². The van der Waals surface area contributed by atoms with Crippen molar-refractivity contribution in [3.8, 4) is 0 Å². The van der Waals surface area contributed by atoms with Gasteiger partial charge in [-0.2, -0.15) is 0 Å². The van der Waals surface area contributed by atoms with Crippen LogP contribution in [-0.4, -0.2) is 167 Å². The minimum atomic E-state index is -0.551. The summed E-state index contributed by atoms with van der Waals surface area (Å²) in [5.41, 5.74) is -0.551. The van der Waals surface area contributed by atoms with Gasteiger partial charge in [0, 0.05) is 13.1 Å². The minimum absolute atomic E-state index is 0.0616. The van der Waals surface area contributed by atoms with Gasteiger partial charge in [0.1, 0.15) is 25.4 Å². The summed E-state index contributed by atoms with van der Waals surface area (Å²) in [6.07, 6.45) is -0.275. The van der Waals surface area contributed by atoms with Crippen LogP contribution in [-0.2, 0) is 52.3 Å². The molecule has 0 aliphatic rings. The van der Waals surface area contributed by atoms with E-state index in [1.165, 1.54) is 7.11 Å². The van der Waals surface area contributed by atoms with Crippen LogP contribution >= 0.6 is 0 Å². The lowest BCUT2D eigenvalue weighted by Crippen LogP contribution is -2.47. The second kappa shape index (κ2) is 26.6. The molecule has 16 nitrogen and oxygen atoms in total. The molecular weight excluding hydrogens is 596 g/mol. The second-order valence-electron chi connectivity index (χ2n) is 11.4. The Hall–Kier alpha value is -2.60. The van der Waals surface area contributed by atoms with E-state index in [2.05, 4.69) is 34.8 Å². The number of hydrogen-bond acceptors (Lipinski definition) is 12. The van der Waals surface area contributed by atoms with Gasteiger partial charge in [-0.3, -0.25) is 14.4 Å². The van der Waals surface area contributed by atoms with E-state index in [1.54, 1.807) is 20.8 Å². The fourth-order valence-electron chi connectivity index (χ4n) is 3.17. The molecule has 0 rings (SSSR count). The fourth-order valence-corrected chi connectivity index (χ4v) is 3.17. The zero-order valence-corrected chi connectivity index (χ0v) is 28.1. The van der Waals surface area contributed by atoms with E-state index in [9.17, 15) is 19.2 Å². The molecular formula is C29H57N4O12+. The molecule has 0 unspecified atom stereocenters. The molecule has 0 bridgehead atoms. The Morgan fingerprint density at radius 1 is 0.578 bits per heavy atom. The highest BCUT2D eigenvalue weighted by molar-refractivity contribution is 5.77. The lowest BCUT2D eigenvalue weighted by molar-refractivity contribution is -0.889. The summed E-state index contributed by atoms with van der Waals surface area (Å²) in [4.78, 5) is 46.2. The maximum absolute atomic E-state index is 12.0. The van der Waals surface area contributed by atoms with Crippen LogP contribution in [0.2, 0.25) is 0 Å². The molecule has 3 N–H and O–H groups in total. The zero-order chi connectivity index (χ0) is 33.8. The Kier molecular flexibility index (Phi) is 25.1. The summed E-state index contributed by atoms with van der Waals surface area (Å²) in [7, 11) is 5.45. The van der Waals surface area contributed by atoms with Gasteiger partial charge in [0.25, 0.3) is 0 Å². The first-order valence-electron chi connectivity index (χ1n) is 15.2. The van der Waals surface area contributed by atoms with E-state index in [0.29, 0.717) is 70.4 Å². The Morgan fingerprint density at radius 3 is 1.58 bits per heavy atom. The average molecular weight is 654 g/mol. The number of ether oxygens (including phenoxy) is 8. The summed E-state index contributed by atoms with van der Waals surface area (Å²) in [5.74, 6) is -0.776. The summed E-state index contributed by atoms with van der Waals surface area (Å²) in [6, 6.07) is 0. The van der Waals surface area contributed by atoms with Crippen LogP contribution in [0.25, 0.3) is 0 Å². The van der Waals surface area contributed by atoms with E-state index in [4.69, 9.17) is 33.2 Å². The van der Waals surface area contributed by atoms with E-state index in [-0.39, 0.29) is 57.2 Å². The summed E-state index contributed by atoms with van der Waals surface area (Å²) in [6.45, 7) is 11.2. The van der Waals surface area contributed by atoms with Gasteiger partial charge < -0.3 is 58.3 Å². The number of alkyl carbamates (subject to hydrolysis) is 1. The Balaban J connectivity index is 3.52. The first-order chi connectivity index (χ1) is 21.3. The number of methoxy groups -OCH3 is 1. The predicted octanol–water partition coefficient (Wildman–Crippen LogP) is -0.517. The molecule has 0 heterocycles. The first kappa shape index (κ1) is 42.4. The topological polar surface area (TPSA) is 178 Å². The van der Waals surface area contributed by atoms with Crippen molar-refractivity contribution in [3.63, 3.8) is 0 Å². The molecule has 16 heteroatoms. The Morgan fingerprint density at radius 2 is 1.04 bits per heavy atom. The van der Waals surface area contributed by atoms with Crippen molar-refractivity contribution in [2.75, 3.05) is 133 Å². The van der Waals surface area contributed by atoms with Crippen LogP contribution in [0.15, 0.2) is 0 Å². The largest absolute Gasteiger partial charge is 0.469 e. The number of carbonyl (C=O) groups excluding carboxylic acids is 4. The van der Waals surface area contributed by atoms with Crippen molar-refractivity contribution in [1.82, 2.24) is 16.0 Å². The number of nitrogens with zero attached hydrogens (tertiary/aromatic N) is 1. The van der Waals surface area contributed by atoms with Gasteiger partial charge >= 0.3 is 12.1 Å². The zero-order valence-electron chi connectivity index (χ0n) is 28.1. The molecule has 3 amide bonds. The predicted molar refractivity (Wildman–Crippen MR) is 164 cm³/mol. The lowest BCUT2D eigenvalue weighted by atomic mass is 10.2. The summed E-state index contributed by atoms with van der Waals surface area (Å²) < 4.78 is 42.5. The van der Waals surface area contributed by atoms with Crippen LogP contribution in [0, 0.1) is 0 Å². The molecule has 0 aliphatic carbocycles. The summed E-state index contributed by atoms with van der Waals surface area (Å²) >= 11 is 0. The van der Waals surface area contributed by atoms with Gasteiger partial charge in [-0.1, -0.05) is 0 Å². The Labute approximate surface area is 267 Å². The average Bonchev–Trinajstić information content (AvgIpc) is 2.95. The van der Waals surface area contributed by atoms with Crippen molar-refractivity contribution >= 4 is 23.9 Å².